The number of hydrogen-bond donors (Lipinski definition) is 0. The normalized spacial score (nSPS) is 20.3. The molecule has 0 N–H and O–H groups in total. The minimum atomic E-state index is -3.08. The Hall–Kier alpha value is -2.67. The van der Waals surface area contributed by atoms with Gasteiger partial charge in [-0.1, -0.05) is 66.5 Å². The number of esters is 1. The molecule has 34 heavy (non-hydrogen) atoms. The van der Waals surface area contributed by atoms with Crippen molar-refractivity contribution in [2.24, 2.45) is 5.41 Å². The molecule has 1 saturated carbocycles. The van der Waals surface area contributed by atoms with Gasteiger partial charge < -0.3 is 13.6 Å². The van der Waals surface area contributed by atoms with Crippen LogP contribution in [0.3, 0.4) is 0 Å². The lowest BCUT2D eigenvalue weighted by atomic mass is 9.81. The first-order valence-electron chi connectivity index (χ1n) is 12.0. The van der Waals surface area contributed by atoms with E-state index in [0.29, 0.717) is 35.1 Å². The van der Waals surface area contributed by atoms with Crippen molar-refractivity contribution in [3.05, 3.63) is 29.3 Å². The van der Waals surface area contributed by atoms with Gasteiger partial charge in [0.1, 0.15) is 11.5 Å². The van der Waals surface area contributed by atoms with Crippen LogP contribution in [0.5, 0.6) is 17.2 Å². The molecule has 0 radical (unpaired) electrons. The van der Waals surface area contributed by atoms with Crippen LogP contribution in [0.15, 0.2) is 18.2 Å². The predicted molar refractivity (Wildman–Crippen MR) is 131 cm³/mol. The highest BCUT2D eigenvalue weighted by Crippen LogP contribution is 2.62. The summed E-state index contributed by atoms with van der Waals surface area (Å²) in [5.74, 6) is 0.219. The first kappa shape index (κ1) is 23.1. The van der Waals surface area contributed by atoms with Gasteiger partial charge in [0.05, 0.1) is 21.9 Å². The molecule has 1 spiro atoms. The fourth-order valence-electron chi connectivity index (χ4n) is 6.38. The highest BCUT2D eigenvalue weighted by atomic mass is 28.4. The number of hydrogen-bond acceptors (Lipinski definition) is 6. The third kappa shape index (κ3) is 2.76. The van der Waals surface area contributed by atoms with Gasteiger partial charge in [0.2, 0.25) is 0 Å². The molecule has 2 aromatic rings. The van der Waals surface area contributed by atoms with Crippen molar-refractivity contribution in [2.75, 3.05) is 0 Å². The lowest BCUT2D eigenvalue weighted by molar-refractivity contribution is -0.131. The smallest absolute Gasteiger partial charge is 0.471 e. The Kier molecular flexibility index (Phi) is 4.71. The Morgan fingerprint density at radius 3 is 2.09 bits per heavy atom. The topological polar surface area (TPSA) is 78.9 Å². The molecule has 180 valence electrons. The summed E-state index contributed by atoms with van der Waals surface area (Å²) in [6.07, 6.45) is 2.67. The predicted octanol–water partition coefficient (Wildman–Crippen LogP) is 6.52. The average molecular weight is 481 g/mol. The number of carbonyl (C=O) groups is 3. The van der Waals surface area contributed by atoms with E-state index in [1.807, 2.05) is 12.1 Å². The molecule has 6 nitrogen and oxygen atoms in total. The number of ether oxygens (including phenoxy) is 1. The minimum absolute atomic E-state index is 0.151. The summed E-state index contributed by atoms with van der Waals surface area (Å²) >= 11 is 0. The molecule has 1 fully saturated rings. The van der Waals surface area contributed by atoms with E-state index in [0.717, 1.165) is 12.8 Å². The lowest BCUT2D eigenvalue weighted by Crippen LogP contribution is -2.63. The second-order valence-corrected chi connectivity index (χ2v) is 16.6. The molecule has 0 bridgehead atoms. The van der Waals surface area contributed by atoms with Crippen molar-refractivity contribution in [3.8, 4) is 17.2 Å². The fraction of sp³-hybridized carbons (Fsp3) is 0.519. The van der Waals surface area contributed by atoms with Gasteiger partial charge >= 0.3 is 14.5 Å². The summed E-state index contributed by atoms with van der Waals surface area (Å²) in [5, 5.41) is 0.473. The van der Waals surface area contributed by atoms with Gasteiger partial charge in [-0.2, -0.15) is 0 Å². The molecule has 0 aromatic heterocycles. The summed E-state index contributed by atoms with van der Waals surface area (Å²) in [5.41, 5.74) is -0.605. The van der Waals surface area contributed by atoms with Gasteiger partial charge in [0.25, 0.3) is 0 Å². The third-order valence-electron chi connectivity index (χ3n) is 7.70. The minimum Gasteiger partial charge on any atom is -0.511 e. The van der Waals surface area contributed by atoms with E-state index >= 15 is 0 Å². The number of ketones is 2. The summed E-state index contributed by atoms with van der Waals surface area (Å²) < 4.78 is 19.4. The summed E-state index contributed by atoms with van der Waals surface area (Å²) in [4.78, 5) is 40.1. The molecule has 0 amide bonds. The standard InChI is InChI=1S/C27H32O6Si/c1-15(28)31-21-16-11-10-12-17-18(16)22(33-34(32-17,25(2,3)4)26(5,6)7)20-19(21)23(29)27(24(20)30)13-8-9-14-27/h10-12H,8-9,13-14H2,1-7H3. The van der Waals surface area contributed by atoms with Crippen molar-refractivity contribution in [1.82, 2.24) is 0 Å². The Morgan fingerprint density at radius 2 is 1.53 bits per heavy atom. The molecule has 1 aliphatic heterocycles. The van der Waals surface area contributed by atoms with Gasteiger partial charge in [-0.25, -0.2) is 0 Å². The van der Waals surface area contributed by atoms with Gasteiger partial charge in [-0.15, -0.1) is 0 Å². The van der Waals surface area contributed by atoms with Crippen molar-refractivity contribution in [2.45, 2.75) is 84.2 Å². The number of carbonyl (C=O) groups excluding carboxylic acids is 3. The number of fused-ring (bicyclic) bond motifs is 2. The maximum absolute atomic E-state index is 14.1. The monoisotopic (exact) mass is 480 g/mol. The second kappa shape index (κ2) is 6.94. The maximum atomic E-state index is 14.1. The molecular weight excluding hydrogens is 448 g/mol. The lowest BCUT2D eigenvalue weighted by Gasteiger charge is -2.50. The zero-order chi connectivity index (χ0) is 24.8. The quantitative estimate of drug-likeness (QED) is 0.200. The zero-order valence-corrected chi connectivity index (χ0v) is 22.0. The molecule has 3 aliphatic rings. The van der Waals surface area contributed by atoms with Gasteiger partial charge in [-0.05, 0) is 18.9 Å². The molecule has 2 aliphatic carbocycles. The maximum Gasteiger partial charge on any atom is 0.471 e. The van der Waals surface area contributed by atoms with Gasteiger partial charge in [0.15, 0.2) is 17.3 Å². The van der Waals surface area contributed by atoms with Crippen LogP contribution >= 0.6 is 0 Å². The first-order valence-corrected chi connectivity index (χ1v) is 13.9. The Balaban J connectivity index is 1.91. The largest absolute Gasteiger partial charge is 0.511 e. The van der Waals surface area contributed by atoms with E-state index in [9.17, 15) is 14.4 Å². The average Bonchev–Trinajstić information content (AvgIpc) is 3.30. The van der Waals surface area contributed by atoms with Crippen molar-refractivity contribution < 1.29 is 28.0 Å². The highest BCUT2D eigenvalue weighted by molar-refractivity contribution is 6.75. The van der Waals surface area contributed by atoms with Gasteiger partial charge in [0, 0.05) is 22.4 Å². The molecular formula is C27H32O6Si. The van der Waals surface area contributed by atoms with Crippen LogP contribution in [-0.2, 0) is 4.79 Å². The summed E-state index contributed by atoms with van der Waals surface area (Å²) in [6, 6.07) is 5.51. The number of Topliss-reactive ketones (excluding diaryl/α,β-unsaturated/α-hetero) is 2. The number of rotatable bonds is 1. The van der Waals surface area contributed by atoms with E-state index in [1.54, 1.807) is 6.07 Å². The van der Waals surface area contributed by atoms with Crippen molar-refractivity contribution in [1.29, 1.82) is 0 Å². The molecule has 0 atom stereocenters. The van der Waals surface area contributed by atoms with E-state index in [4.69, 9.17) is 13.6 Å². The SMILES string of the molecule is CC(=O)Oc1c2c(c3c4c(cccc14)O[Si](C(C)(C)C)(C(C)(C)C)O3)C(=O)C1(CCCC1)C2=O. The van der Waals surface area contributed by atoms with E-state index in [1.165, 1.54) is 6.92 Å². The van der Waals surface area contributed by atoms with Crippen LogP contribution in [0.1, 0.15) is 94.9 Å². The van der Waals surface area contributed by atoms with Crippen LogP contribution in [0, 0.1) is 5.41 Å². The van der Waals surface area contributed by atoms with Crippen molar-refractivity contribution in [3.63, 3.8) is 0 Å². The fourth-order valence-corrected chi connectivity index (χ4v) is 10.9. The summed E-state index contributed by atoms with van der Waals surface area (Å²) in [7, 11) is -3.08. The van der Waals surface area contributed by atoms with Crippen LogP contribution in [-0.4, -0.2) is 26.1 Å². The van der Waals surface area contributed by atoms with Crippen molar-refractivity contribution >= 4 is 36.9 Å². The second-order valence-electron chi connectivity index (χ2n) is 11.9. The summed E-state index contributed by atoms with van der Waals surface area (Å²) in [6.45, 7) is 13.9. The molecule has 1 heterocycles. The van der Waals surface area contributed by atoms with Crippen LogP contribution in [0.4, 0.5) is 0 Å². The van der Waals surface area contributed by atoms with Gasteiger partial charge in [-0.3, -0.25) is 14.4 Å². The number of benzene rings is 2. The molecule has 2 aromatic carbocycles. The van der Waals surface area contributed by atoms with Crippen LogP contribution < -0.4 is 13.6 Å². The molecule has 0 unspecified atom stereocenters. The molecule has 7 heteroatoms. The zero-order valence-electron chi connectivity index (χ0n) is 21.0. The molecule has 0 saturated heterocycles. The highest BCUT2D eigenvalue weighted by Gasteiger charge is 2.65. The Bertz CT molecular complexity index is 1260. The third-order valence-corrected chi connectivity index (χ3v) is 12.7. The first-order chi connectivity index (χ1) is 15.8. The van der Waals surface area contributed by atoms with E-state index in [-0.39, 0.29) is 38.5 Å². The molecule has 5 rings (SSSR count). The van der Waals surface area contributed by atoms with E-state index < -0.39 is 19.9 Å². The van der Waals surface area contributed by atoms with Crippen LogP contribution in [0.2, 0.25) is 10.1 Å². The van der Waals surface area contributed by atoms with Crippen LogP contribution in [0.25, 0.3) is 10.8 Å². The Morgan fingerprint density at radius 1 is 0.941 bits per heavy atom. The Labute approximate surface area is 201 Å². The van der Waals surface area contributed by atoms with E-state index in [2.05, 4.69) is 41.5 Å².